The molecule has 4 rings (SSSR count). The van der Waals surface area contributed by atoms with Gasteiger partial charge in [-0.3, -0.25) is 0 Å². The van der Waals surface area contributed by atoms with Crippen LogP contribution in [0.5, 0.6) is 17.4 Å². The zero-order valence-corrected chi connectivity index (χ0v) is 19.6. The van der Waals surface area contributed by atoms with Gasteiger partial charge in [0, 0.05) is 11.6 Å². The minimum Gasteiger partial charge on any atom is -0.478 e. The lowest BCUT2D eigenvalue weighted by atomic mass is 10.1. The fourth-order valence-electron chi connectivity index (χ4n) is 3.43. The lowest BCUT2D eigenvalue weighted by molar-refractivity contribution is -0.154. The topological polar surface area (TPSA) is 83.7 Å². The normalized spacial score (nSPS) is 12.1. The number of carbonyl (C=O) groups excluding carboxylic acids is 1. The highest BCUT2D eigenvalue weighted by Gasteiger charge is 2.21. The van der Waals surface area contributed by atoms with Crippen LogP contribution < -0.4 is 9.47 Å². The molecule has 34 heavy (non-hydrogen) atoms. The summed E-state index contributed by atoms with van der Waals surface area (Å²) >= 11 is 0. The van der Waals surface area contributed by atoms with Crippen LogP contribution in [-0.4, -0.2) is 28.1 Å². The number of aryl methyl sites for hydroxylation is 2. The van der Waals surface area contributed by atoms with Crippen molar-refractivity contribution in [3.05, 3.63) is 65.5 Å². The number of hydrogen-bond acceptors (Lipinski definition) is 7. The van der Waals surface area contributed by atoms with Crippen molar-refractivity contribution in [2.75, 3.05) is 0 Å². The lowest BCUT2D eigenvalue weighted by Crippen LogP contribution is -2.28. The van der Waals surface area contributed by atoms with E-state index in [9.17, 15) is 9.18 Å². The maximum atomic E-state index is 13.9. The molecule has 0 fully saturated rings. The first-order valence-corrected chi connectivity index (χ1v) is 10.9. The van der Waals surface area contributed by atoms with Crippen molar-refractivity contribution in [3.8, 4) is 28.8 Å². The number of oxazole rings is 1. The van der Waals surface area contributed by atoms with Crippen LogP contribution in [0.15, 0.2) is 52.9 Å². The molecular formula is C26H25FN2O5. The third-order valence-corrected chi connectivity index (χ3v) is 4.97. The molecule has 0 aliphatic rings. The van der Waals surface area contributed by atoms with Gasteiger partial charge < -0.3 is 18.6 Å². The molecule has 0 aliphatic heterocycles. The number of rotatable bonds is 7. The summed E-state index contributed by atoms with van der Waals surface area (Å²) in [5.41, 5.74) is 3.17. The summed E-state index contributed by atoms with van der Waals surface area (Å²) in [5.74, 6) is 0.336. The summed E-state index contributed by atoms with van der Waals surface area (Å²) in [5, 5.41) is 0. The van der Waals surface area contributed by atoms with Crippen LogP contribution in [0, 0.1) is 19.7 Å². The fraction of sp³-hybridized carbons (Fsp3) is 0.269. The average Bonchev–Trinajstić information content (AvgIpc) is 3.20. The summed E-state index contributed by atoms with van der Waals surface area (Å²) in [6.45, 7) is 9.01. The highest BCUT2D eigenvalue weighted by Crippen LogP contribution is 2.33. The summed E-state index contributed by atoms with van der Waals surface area (Å²) in [4.78, 5) is 20.9. The van der Waals surface area contributed by atoms with E-state index in [4.69, 9.17) is 18.6 Å². The molecular weight excluding hydrogens is 439 g/mol. The van der Waals surface area contributed by atoms with Gasteiger partial charge in [-0.15, -0.1) is 0 Å². The largest absolute Gasteiger partial charge is 0.478 e. The Labute approximate surface area is 196 Å². The van der Waals surface area contributed by atoms with Gasteiger partial charge >= 0.3 is 5.97 Å². The minimum absolute atomic E-state index is 0.0717. The third-order valence-electron chi connectivity index (χ3n) is 4.97. The Morgan fingerprint density at radius 1 is 1.00 bits per heavy atom. The zero-order valence-electron chi connectivity index (χ0n) is 19.6. The molecule has 1 atom stereocenters. The molecule has 0 saturated heterocycles. The van der Waals surface area contributed by atoms with E-state index in [0.717, 1.165) is 16.7 Å². The summed E-state index contributed by atoms with van der Waals surface area (Å²) in [6.07, 6.45) is -0.958. The molecule has 2 heterocycles. The smallest absolute Gasteiger partial charge is 0.347 e. The van der Waals surface area contributed by atoms with E-state index in [-0.39, 0.29) is 23.4 Å². The van der Waals surface area contributed by atoms with E-state index in [0.29, 0.717) is 17.2 Å². The average molecular weight is 464 g/mol. The number of ether oxygens (including phenoxy) is 3. The van der Waals surface area contributed by atoms with Crippen LogP contribution in [-0.2, 0) is 9.53 Å². The highest BCUT2D eigenvalue weighted by atomic mass is 19.1. The SMILES string of the molecule is Cc1cc(-c2nc3ccc(Oc4ccccc4F)nc3o2)cc(C)c1OC(C)C(=O)OC(C)C. The minimum atomic E-state index is -0.743. The number of pyridine rings is 1. The Bertz CT molecular complexity index is 1330. The zero-order chi connectivity index (χ0) is 24.4. The molecule has 176 valence electrons. The van der Waals surface area contributed by atoms with Gasteiger partial charge in [0.05, 0.1) is 6.10 Å². The maximum absolute atomic E-state index is 13.9. The van der Waals surface area contributed by atoms with E-state index in [1.54, 1.807) is 45.0 Å². The molecule has 4 aromatic rings. The summed E-state index contributed by atoms with van der Waals surface area (Å²) in [6, 6.07) is 13.1. The lowest BCUT2D eigenvalue weighted by Gasteiger charge is -2.19. The molecule has 0 aliphatic carbocycles. The van der Waals surface area contributed by atoms with Gasteiger partial charge in [0.2, 0.25) is 11.8 Å². The molecule has 2 aromatic heterocycles. The van der Waals surface area contributed by atoms with Crippen molar-refractivity contribution < 1.29 is 27.8 Å². The molecule has 8 heteroatoms. The molecule has 0 amide bonds. The van der Waals surface area contributed by atoms with Gasteiger partial charge in [-0.2, -0.15) is 4.98 Å². The van der Waals surface area contributed by atoms with Crippen LogP contribution in [0.4, 0.5) is 4.39 Å². The molecule has 0 saturated carbocycles. The van der Waals surface area contributed by atoms with E-state index < -0.39 is 17.9 Å². The monoisotopic (exact) mass is 464 g/mol. The van der Waals surface area contributed by atoms with Gasteiger partial charge in [0.15, 0.2) is 17.7 Å². The summed E-state index contributed by atoms with van der Waals surface area (Å²) in [7, 11) is 0. The van der Waals surface area contributed by atoms with Crippen molar-refractivity contribution in [2.45, 2.75) is 46.8 Å². The predicted molar refractivity (Wildman–Crippen MR) is 125 cm³/mol. The van der Waals surface area contributed by atoms with E-state index in [2.05, 4.69) is 9.97 Å². The van der Waals surface area contributed by atoms with Gasteiger partial charge in [0.25, 0.3) is 5.71 Å². The first kappa shape index (κ1) is 23.2. The van der Waals surface area contributed by atoms with Crippen molar-refractivity contribution >= 4 is 17.2 Å². The molecule has 0 radical (unpaired) electrons. The second-order valence-corrected chi connectivity index (χ2v) is 8.21. The first-order chi connectivity index (χ1) is 16.2. The third kappa shape index (κ3) is 5.01. The predicted octanol–water partition coefficient (Wildman–Crippen LogP) is 6.16. The number of halogens is 1. The van der Waals surface area contributed by atoms with Gasteiger partial charge in [0.1, 0.15) is 11.3 Å². The molecule has 0 N–H and O–H groups in total. The van der Waals surface area contributed by atoms with Crippen LogP contribution in [0.3, 0.4) is 0 Å². The van der Waals surface area contributed by atoms with Crippen molar-refractivity contribution in [2.24, 2.45) is 0 Å². The van der Waals surface area contributed by atoms with E-state index in [1.165, 1.54) is 12.1 Å². The Hall–Kier alpha value is -3.94. The Balaban J connectivity index is 1.58. The number of hydrogen-bond donors (Lipinski definition) is 0. The van der Waals surface area contributed by atoms with E-state index >= 15 is 0 Å². The standard InChI is InChI=1S/C26H25FN2O5/c1-14(2)31-26(30)17(5)32-23-15(3)12-18(13-16(23)4)24-28-20-10-11-22(29-25(20)34-24)33-21-9-7-6-8-19(21)27/h6-14,17H,1-5H3. The van der Waals surface area contributed by atoms with Crippen LogP contribution in [0.1, 0.15) is 31.9 Å². The molecule has 7 nitrogen and oxygen atoms in total. The Morgan fingerprint density at radius 2 is 1.71 bits per heavy atom. The number of benzene rings is 2. The Morgan fingerprint density at radius 3 is 2.38 bits per heavy atom. The summed E-state index contributed by atoms with van der Waals surface area (Å²) < 4.78 is 36.4. The number of carbonyl (C=O) groups is 1. The number of nitrogens with zero attached hydrogens (tertiary/aromatic N) is 2. The molecule has 2 aromatic carbocycles. The van der Waals surface area contributed by atoms with Crippen LogP contribution in [0.2, 0.25) is 0 Å². The molecule has 1 unspecified atom stereocenters. The van der Waals surface area contributed by atoms with Gasteiger partial charge in [-0.05, 0) is 76.1 Å². The number of aromatic nitrogens is 2. The van der Waals surface area contributed by atoms with Crippen LogP contribution in [0.25, 0.3) is 22.7 Å². The second-order valence-electron chi connectivity index (χ2n) is 8.21. The van der Waals surface area contributed by atoms with Crippen molar-refractivity contribution in [1.82, 2.24) is 9.97 Å². The van der Waals surface area contributed by atoms with E-state index in [1.807, 2.05) is 26.0 Å². The van der Waals surface area contributed by atoms with Gasteiger partial charge in [-0.25, -0.2) is 14.2 Å². The fourth-order valence-corrected chi connectivity index (χ4v) is 3.43. The quantitative estimate of drug-likeness (QED) is 0.303. The maximum Gasteiger partial charge on any atom is 0.347 e. The van der Waals surface area contributed by atoms with Gasteiger partial charge in [-0.1, -0.05) is 12.1 Å². The van der Waals surface area contributed by atoms with Crippen molar-refractivity contribution in [3.63, 3.8) is 0 Å². The van der Waals surface area contributed by atoms with Crippen LogP contribution >= 0.6 is 0 Å². The number of fused-ring (bicyclic) bond motifs is 1. The Kier molecular flexibility index (Phi) is 6.49. The first-order valence-electron chi connectivity index (χ1n) is 10.9. The number of para-hydroxylation sites is 1. The highest BCUT2D eigenvalue weighted by molar-refractivity contribution is 5.76. The van der Waals surface area contributed by atoms with Crippen molar-refractivity contribution in [1.29, 1.82) is 0 Å². The number of esters is 1. The second kappa shape index (κ2) is 9.51. The molecule has 0 spiro atoms. The molecule has 0 bridgehead atoms.